The summed E-state index contributed by atoms with van der Waals surface area (Å²) in [5, 5.41) is 3.03. The van der Waals surface area contributed by atoms with E-state index in [0.717, 1.165) is 12.0 Å². The van der Waals surface area contributed by atoms with Crippen LogP contribution in [0.3, 0.4) is 0 Å². The predicted molar refractivity (Wildman–Crippen MR) is 79.9 cm³/mol. The van der Waals surface area contributed by atoms with E-state index >= 15 is 0 Å². The number of ether oxygens (including phenoxy) is 2. The summed E-state index contributed by atoms with van der Waals surface area (Å²) in [6, 6.07) is 5.17. The molecule has 0 spiro atoms. The number of methoxy groups -OCH3 is 2. The third kappa shape index (κ3) is 3.37. The van der Waals surface area contributed by atoms with Crippen LogP contribution in [0.5, 0.6) is 5.75 Å². The topological polar surface area (TPSA) is 67.9 Å². The number of nitrogens with one attached hydrogen (secondary N) is 1. The van der Waals surface area contributed by atoms with Crippen molar-refractivity contribution in [2.75, 3.05) is 34.4 Å². The molecule has 1 aromatic rings. The molecule has 1 aliphatic rings. The van der Waals surface area contributed by atoms with Crippen molar-refractivity contribution in [2.24, 2.45) is 0 Å². The lowest BCUT2D eigenvalue weighted by molar-refractivity contribution is 0.115. The van der Waals surface area contributed by atoms with E-state index in [-0.39, 0.29) is 11.0 Å². The second-order valence-electron chi connectivity index (χ2n) is 5.02. The van der Waals surface area contributed by atoms with Crippen molar-refractivity contribution in [3.8, 4) is 5.75 Å². The lowest BCUT2D eigenvalue weighted by Crippen LogP contribution is -2.30. The van der Waals surface area contributed by atoms with Crippen LogP contribution in [0, 0.1) is 0 Å². The summed E-state index contributed by atoms with van der Waals surface area (Å²) < 4.78 is 37.4. The lowest BCUT2D eigenvalue weighted by Gasteiger charge is -2.18. The Morgan fingerprint density at radius 3 is 2.71 bits per heavy atom. The fourth-order valence-corrected chi connectivity index (χ4v) is 4.11. The summed E-state index contributed by atoms with van der Waals surface area (Å²) in [7, 11) is 1.38. The van der Waals surface area contributed by atoms with Gasteiger partial charge < -0.3 is 14.8 Å². The Hall–Kier alpha value is -1.15. The average molecular weight is 314 g/mol. The zero-order valence-electron chi connectivity index (χ0n) is 12.6. The van der Waals surface area contributed by atoms with Gasteiger partial charge in [0.25, 0.3) is 0 Å². The second-order valence-corrected chi connectivity index (χ2v) is 6.93. The van der Waals surface area contributed by atoms with E-state index in [4.69, 9.17) is 9.47 Å². The smallest absolute Gasteiger partial charge is 0.246 e. The van der Waals surface area contributed by atoms with Gasteiger partial charge in [0, 0.05) is 26.7 Å². The van der Waals surface area contributed by atoms with Crippen LogP contribution in [0.25, 0.3) is 0 Å². The zero-order valence-corrected chi connectivity index (χ0v) is 13.4. The van der Waals surface area contributed by atoms with Crippen LogP contribution in [-0.2, 0) is 21.3 Å². The van der Waals surface area contributed by atoms with Crippen molar-refractivity contribution in [3.05, 3.63) is 23.8 Å². The largest absolute Gasteiger partial charge is 0.495 e. The Kier molecular flexibility index (Phi) is 5.21. The minimum atomic E-state index is -3.55. The van der Waals surface area contributed by atoms with Gasteiger partial charge in [0.1, 0.15) is 10.6 Å². The van der Waals surface area contributed by atoms with Crippen molar-refractivity contribution < 1.29 is 17.9 Å². The van der Waals surface area contributed by atoms with Crippen LogP contribution < -0.4 is 10.1 Å². The van der Waals surface area contributed by atoms with E-state index in [0.29, 0.717) is 25.4 Å². The van der Waals surface area contributed by atoms with E-state index in [1.165, 1.54) is 11.4 Å². The minimum Gasteiger partial charge on any atom is -0.495 e. The molecule has 21 heavy (non-hydrogen) atoms. The molecule has 6 nitrogen and oxygen atoms in total. The molecule has 1 saturated heterocycles. The van der Waals surface area contributed by atoms with Gasteiger partial charge in [-0.2, -0.15) is 4.31 Å². The number of nitrogens with zero attached hydrogens (tertiary/aromatic N) is 1. The second kappa shape index (κ2) is 6.74. The van der Waals surface area contributed by atoms with Gasteiger partial charge in [-0.05, 0) is 31.2 Å². The number of benzene rings is 1. The monoisotopic (exact) mass is 314 g/mol. The Balaban J connectivity index is 2.31. The third-order valence-electron chi connectivity index (χ3n) is 3.67. The molecule has 0 saturated carbocycles. The van der Waals surface area contributed by atoms with Gasteiger partial charge >= 0.3 is 0 Å². The fourth-order valence-electron chi connectivity index (χ4n) is 2.49. The van der Waals surface area contributed by atoms with Crippen LogP contribution in [-0.4, -0.2) is 53.2 Å². The molecule has 0 aromatic heterocycles. The Morgan fingerprint density at radius 2 is 2.14 bits per heavy atom. The fraction of sp³-hybridized carbons (Fsp3) is 0.571. The van der Waals surface area contributed by atoms with Gasteiger partial charge in [-0.3, -0.25) is 0 Å². The van der Waals surface area contributed by atoms with E-state index in [1.807, 2.05) is 7.05 Å². The first-order valence-corrected chi connectivity index (χ1v) is 8.31. The quantitative estimate of drug-likeness (QED) is 0.842. The van der Waals surface area contributed by atoms with E-state index in [2.05, 4.69) is 5.32 Å². The van der Waals surface area contributed by atoms with Crippen LogP contribution in [0.4, 0.5) is 0 Å². The van der Waals surface area contributed by atoms with Crippen LogP contribution in [0.1, 0.15) is 12.0 Å². The zero-order chi connectivity index (χ0) is 15.5. The van der Waals surface area contributed by atoms with Gasteiger partial charge in [0.15, 0.2) is 0 Å². The number of hydrogen-bond acceptors (Lipinski definition) is 5. The van der Waals surface area contributed by atoms with Gasteiger partial charge in [0.2, 0.25) is 10.0 Å². The molecule has 0 amide bonds. The van der Waals surface area contributed by atoms with E-state index < -0.39 is 10.0 Å². The van der Waals surface area contributed by atoms with E-state index in [1.54, 1.807) is 25.3 Å². The molecule has 1 aromatic carbocycles. The highest BCUT2D eigenvalue weighted by atomic mass is 32.2. The molecule has 7 heteroatoms. The molecular formula is C14H22N2O4S. The first kappa shape index (κ1) is 16.2. The molecule has 1 fully saturated rings. The van der Waals surface area contributed by atoms with Crippen LogP contribution >= 0.6 is 0 Å². The first-order chi connectivity index (χ1) is 10.0. The molecule has 1 unspecified atom stereocenters. The normalized spacial score (nSPS) is 19.9. The molecule has 118 valence electrons. The highest BCUT2D eigenvalue weighted by Gasteiger charge is 2.34. The summed E-state index contributed by atoms with van der Waals surface area (Å²) in [5.41, 5.74) is 0.976. The minimum absolute atomic E-state index is 0.0330. The number of rotatable bonds is 6. The van der Waals surface area contributed by atoms with Crippen LogP contribution in [0.15, 0.2) is 23.1 Å². The van der Waals surface area contributed by atoms with Gasteiger partial charge in [-0.15, -0.1) is 0 Å². The summed E-state index contributed by atoms with van der Waals surface area (Å²) in [4.78, 5) is 0.210. The van der Waals surface area contributed by atoms with Crippen molar-refractivity contribution in [1.82, 2.24) is 9.62 Å². The Bertz CT molecular complexity index is 589. The molecule has 0 aliphatic carbocycles. The standard InChI is InChI=1S/C14H22N2O4S/c1-15-9-11-4-5-14(13(8-11)20-3)21(17,18)16-7-6-12(10-16)19-2/h4-5,8,12,15H,6-7,9-10H2,1-3H3. The Morgan fingerprint density at radius 1 is 1.38 bits per heavy atom. The van der Waals surface area contributed by atoms with Crippen LogP contribution in [0.2, 0.25) is 0 Å². The lowest BCUT2D eigenvalue weighted by atomic mass is 10.2. The highest BCUT2D eigenvalue weighted by molar-refractivity contribution is 7.89. The summed E-state index contributed by atoms with van der Waals surface area (Å²) in [5.74, 6) is 0.378. The molecule has 0 radical (unpaired) electrons. The van der Waals surface area contributed by atoms with E-state index in [9.17, 15) is 8.42 Å². The molecular weight excluding hydrogens is 292 g/mol. The summed E-state index contributed by atoms with van der Waals surface area (Å²) in [6.45, 7) is 1.52. The van der Waals surface area contributed by atoms with Crippen molar-refractivity contribution in [3.63, 3.8) is 0 Å². The molecule has 0 bridgehead atoms. The van der Waals surface area contributed by atoms with Crippen molar-refractivity contribution >= 4 is 10.0 Å². The maximum Gasteiger partial charge on any atom is 0.246 e. The maximum atomic E-state index is 12.7. The maximum absolute atomic E-state index is 12.7. The molecule has 1 aliphatic heterocycles. The summed E-state index contributed by atoms with van der Waals surface area (Å²) >= 11 is 0. The predicted octanol–water partition coefficient (Wildman–Crippen LogP) is 0.824. The first-order valence-electron chi connectivity index (χ1n) is 6.87. The SMILES string of the molecule is CNCc1ccc(S(=O)(=O)N2CCC(OC)C2)c(OC)c1. The average Bonchev–Trinajstić information content (AvgIpc) is 2.97. The number of hydrogen-bond donors (Lipinski definition) is 1. The Labute approximate surface area is 126 Å². The highest BCUT2D eigenvalue weighted by Crippen LogP contribution is 2.30. The van der Waals surface area contributed by atoms with Crippen molar-refractivity contribution in [1.29, 1.82) is 0 Å². The van der Waals surface area contributed by atoms with Gasteiger partial charge in [-0.1, -0.05) is 6.07 Å². The van der Waals surface area contributed by atoms with Gasteiger partial charge in [0.05, 0.1) is 13.2 Å². The molecule has 1 N–H and O–H groups in total. The molecule has 1 atom stereocenters. The molecule has 1 heterocycles. The van der Waals surface area contributed by atoms with Crippen molar-refractivity contribution in [2.45, 2.75) is 24.0 Å². The van der Waals surface area contributed by atoms with Gasteiger partial charge in [-0.25, -0.2) is 8.42 Å². The molecule has 2 rings (SSSR count). The number of sulfonamides is 1. The summed E-state index contributed by atoms with van der Waals surface area (Å²) in [6.07, 6.45) is 0.685. The third-order valence-corrected chi connectivity index (χ3v) is 5.57.